The van der Waals surface area contributed by atoms with Gasteiger partial charge in [-0.2, -0.15) is 0 Å². The molecular weight excluding hydrogens is 368 g/mol. The Labute approximate surface area is 154 Å². The SMILES string of the molecule is Cc1cc2c(cc1Cl)c(-c1ccccc1)o[n+]2C(C)(C)C.F[B-](F)(F)F. The summed E-state index contributed by atoms with van der Waals surface area (Å²) in [5.74, 6) is 0.863. The summed E-state index contributed by atoms with van der Waals surface area (Å²) in [4.78, 5) is 0. The number of halogens is 5. The molecule has 0 saturated carbocycles. The average molecular weight is 388 g/mol. The monoisotopic (exact) mass is 387 g/mol. The van der Waals surface area contributed by atoms with Crippen molar-refractivity contribution in [2.45, 2.75) is 33.2 Å². The van der Waals surface area contributed by atoms with Crippen molar-refractivity contribution in [1.82, 2.24) is 0 Å². The molecule has 2 nitrogen and oxygen atoms in total. The van der Waals surface area contributed by atoms with E-state index in [1.54, 1.807) is 0 Å². The van der Waals surface area contributed by atoms with Crippen LogP contribution in [0.25, 0.3) is 22.2 Å². The van der Waals surface area contributed by atoms with Crippen LogP contribution in [0.3, 0.4) is 0 Å². The number of hydrogen-bond acceptors (Lipinski definition) is 1. The summed E-state index contributed by atoms with van der Waals surface area (Å²) in [6, 6.07) is 14.2. The van der Waals surface area contributed by atoms with Crippen LogP contribution in [0.4, 0.5) is 17.3 Å². The number of fused-ring (bicyclic) bond motifs is 1. The van der Waals surface area contributed by atoms with Crippen LogP contribution < -0.4 is 4.74 Å². The lowest BCUT2D eigenvalue weighted by atomic mass is 10.1. The maximum atomic E-state index is 9.75. The maximum absolute atomic E-state index is 9.75. The van der Waals surface area contributed by atoms with Gasteiger partial charge < -0.3 is 17.3 Å². The van der Waals surface area contributed by atoms with Crippen molar-refractivity contribution in [1.29, 1.82) is 0 Å². The standard InChI is InChI=1S/C18H19ClNO.BF4/c1-12-10-16-14(11-15(12)19)17(13-8-6-5-7-9-13)21-20(16)18(2,3)4;2-1(3,4)5/h5-11H,1-4H3;/q+1;-1. The molecule has 2 aromatic carbocycles. The summed E-state index contributed by atoms with van der Waals surface area (Å²) in [6.07, 6.45) is 0. The van der Waals surface area contributed by atoms with Crippen LogP contribution in [-0.4, -0.2) is 7.25 Å². The molecule has 1 heterocycles. The summed E-state index contributed by atoms with van der Waals surface area (Å²) in [7, 11) is -6.00. The normalized spacial score (nSPS) is 12.0. The Morgan fingerprint density at radius 3 is 2.04 bits per heavy atom. The van der Waals surface area contributed by atoms with Crippen molar-refractivity contribution in [3.05, 3.63) is 53.1 Å². The molecule has 0 atom stereocenters. The van der Waals surface area contributed by atoms with E-state index >= 15 is 0 Å². The first-order valence-electron chi connectivity index (χ1n) is 7.96. The van der Waals surface area contributed by atoms with Gasteiger partial charge in [-0.3, -0.25) is 0 Å². The molecule has 0 unspecified atom stereocenters. The molecule has 0 radical (unpaired) electrons. The van der Waals surface area contributed by atoms with Gasteiger partial charge in [0.2, 0.25) is 11.3 Å². The highest BCUT2D eigenvalue weighted by molar-refractivity contribution is 6.50. The van der Waals surface area contributed by atoms with Crippen LogP contribution >= 0.6 is 11.6 Å². The summed E-state index contributed by atoms with van der Waals surface area (Å²) >= 11 is 6.32. The number of aryl methyl sites for hydroxylation is 1. The van der Waals surface area contributed by atoms with Crippen molar-refractivity contribution < 1.29 is 26.5 Å². The molecule has 3 aromatic rings. The lowest BCUT2D eigenvalue weighted by Crippen LogP contribution is -2.48. The molecule has 0 spiro atoms. The van der Waals surface area contributed by atoms with Crippen LogP contribution in [0.5, 0.6) is 0 Å². The van der Waals surface area contributed by atoms with E-state index in [2.05, 4.69) is 39.0 Å². The van der Waals surface area contributed by atoms with Gasteiger partial charge in [0.05, 0.1) is 0 Å². The van der Waals surface area contributed by atoms with Gasteiger partial charge in [-0.1, -0.05) is 41.9 Å². The van der Waals surface area contributed by atoms with E-state index in [1.807, 2.05) is 35.9 Å². The summed E-state index contributed by atoms with van der Waals surface area (Å²) < 4.78 is 47.1. The summed E-state index contributed by atoms with van der Waals surface area (Å²) in [5, 5.41) is 1.81. The molecule has 1 aromatic heterocycles. The lowest BCUT2D eigenvalue weighted by Gasteiger charge is -2.07. The Kier molecular flexibility index (Phi) is 5.71. The van der Waals surface area contributed by atoms with E-state index < -0.39 is 7.25 Å². The second kappa shape index (κ2) is 7.31. The van der Waals surface area contributed by atoms with Gasteiger partial charge in [0, 0.05) is 37.4 Å². The molecule has 8 heteroatoms. The van der Waals surface area contributed by atoms with E-state index in [9.17, 15) is 17.3 Å². The highest BCUT2D eigenvalue weighted by Crippen LogP contribution is 2.32. The molecule has 140 valence electrons. The lowest BCUT2D eigenvalue weighted by molar-refractivity contribution is -0.886. The van der Waals surface area contributed by atoms with Crippen molar-refractivity contribution in [3.63, 3.8) is 0 Å². The van der Waals surface area contributed by atoms with E-state index in [0.29, 0.717) is 0 Å². The number of rotatable bonds is 1. The second-order valence-electron chi connectivity index (χ2n) is 6.87. The predicted molar refractivity (Wildman–Crippen MR) is 96.8 cm³/mol. The zero-order valence-electron chi connectivity index (χ0n) is 14.9. The van der Waals surface area contributed by atoms with Gasteiger partial charge in [-0.05, 0) is 23.3 Å². The molecule has 0 aliphatic rings. The molecule has 3 rings (SSSR count). The fourth-order valence-electron chi connectivity index (χ4n) is 2.50. The highest BCUT2D eigenvalue weighted by atomic mass is 35.5. The first kappa shape index (κ1) is 20.3. The molecule has 26 heavy (non-hydrogen) atoms. The molecule has 0 N–H and O–H groups in total. The van der Waals surface area contributed by atoms with Gasteiger partial charge in [0.1, 0.15) is 5.39 Å². The first-order valence-corrected chi connectivity index (χ1v) is 8.34. The van der Waals surface area contributed by atoms with Crippen molar-refractivity contribution >= 4 is 29.8 Å². The van der Waals surface area contributed by atoms with Crippen LogP contribution in [-0.2, 0) is 5.54 Å². The topological polar surface area (TPSA) is 17.0 Å². The van der Waals surface area contributed by atoms with Crippen LogP contribution in [0.1, 0.15) is 26.3 Å². The second-order valence-corrected chi connectivity index (χ2v) is 7.27. The van der Waals surface area contributed by atoms with Gasteiger partial charge in [-0.15, -0.1) is 0 Å². The number of hydrogen-bond donors (Lipinski definition) is 0. The van der Waals surface area contributed by atoms with E-state index in [1.165, 1.54) is 0 Å². The van der Waals surface area contributed by atoms with E-state index in [4.69, 9.17) is 16.1 Å². The quantitative estimate of drug-likeness (QED) is 0.268. The third kappa shape index (κ3) is 5.00. The Hall–Kier alpha value is -2.02. The Bertz CT molecular complexity index is 895. The molecule has 0 aliphatic heterocycles. The molecule has 0 saturated heterocycles. The third-order valence-corrected chi connectivity index (χ3v) is 3.98. The zero-order valence-corrected chi connectivity index (χ0v) is 15.6. The number of aromatic nitrogens is 1. The number of nitrogens with zero attached hydrogens (tertiary/aromatic N) is 1. The highest BCUT2D eigenvalue weighted by Gasteiger charge is 2.33. The zero-order chi connectivity index (χ0) is 19.7. The minimum absolute atomic E-state index is 0.133. The molecule has 0 fully saturated rings. The largest absolute Gasteiger partial charge is 0.673 e. The van der Waals surface area contributed by atoms with Crippen molar-refractivity contribution in [2.75, 3.05) is 0 Å². The molecule has 0 aliphatic carbocycles. The van der Waals surface area contributed by atoms with Gasteiger partial charge in [-0.25, -0.2) is 4.52 Å². The average Bonchev–Trinajstić information content (AvgIpc) is 2.85. The smallest absolute Gasteiger partial charge is 0.418 e. The minimum Gasteiger partial charge on any atom is -0.418 e. The fraction of sp³-hybridized carbons (Fsp3) is 0.278. The van der Waals surface area contributed by atoms with Gasteiger partial charge in [0.25, 0.3) is 5.52 Å². The summed E-state index contributed by atoms with van der Waals surface area (Å²) in [6.45, 7) is 8.42. The Morgan fingerprint density at radius 1 is 1.00 bits per heavy atom. The summed E-state index contributed by atoms with van der Waals surface area (Å²) in [5.41, 5.74) is 3.06. The van der Waals surface area contributed by atoms with Crippen LogP contribution in [0, 0.1) is 6.92 Å². The molecular formula is C18H19BClF4NO. The predicted octanol–water partition coefficient (Wildman–Crippen LogP) is 6.40. The van der Waals surface area contributed by atoms with E-state index in [0.717, 1.165) is 32.8 Å². The van der Waals surface area contributed by atoms with Crippen molar-refractivity contribution in [2.24, 2.45) is 0 Å². The van der Waals surface area contributed by atoms with Crippen LogP contribution in [0.2, 0.25) is 5.02 Å². The van der Waals surface area contributed by atoms with Gasteiger partial charge >= 0.3 is 7.25 Å². The number of benzene rings is 2. The fourth-order valence-corrected chi connectivity index (χ4v) is 2.67. The van der Waals surface area contributed by atoms with Crippen molar-refractivity contribution in [3.8, 4) is 11.3 Å². The first-order chi connectivity index (χ1) is 11.9. The molecule has 0 amide bonds. The van der Waals surface area contributed by atoms with Crippen LogP contribution in [0.15, 0.2) is 47.0 Å². The Balaban J connectivity index is 0.000000431. The maximum Gasteiger partial charge on any atom is 0.673 e. The molecule has 0 bridgehead atoms. The van der Waals surface area contributed by atoms with Gasteiger partial charge in [0.15, 0.2) is 0 Å². The van der Waals surface area contributed by atoms with E-state index in [-0.39, 0.29) is 5.54 Å². The minimum atomic E-state index is -6.00. The third-order valence-electron chi connectivity index (χ3n) is 3.57. The Morgan fingerprint density at radius 2 is 1.54 bits per heavy atom.